The molecule has 1 unspecified atom stereocenters. The molecule has 0 saturated carbocycles. The summed E-state index contributed by atoms with van der Waals surface area (Å²) in [7, 11) is 0. The summed E-state index contributed by atoms with van der Waals surface area (Å²) in [5.74, 6) is -0.128. The molecule has 0 fully saturated rings. The Bertz CT molecular complexity index is 781. The van der Waals surface area contributed by atoms with E-state index in [1.54, 1.807) is 31.0 Å². The lowest BCUT2D eigenvalue weighted by atomic mass is 10.1. The largest absolute Gasteiger partial charge is 0.350 e. The van der Waals surface area contributed by atoms with E-state index in [4.69, 9.17) is 0 Å². The molecule has 0 saturated heterocycles. The van der Waals surface area contributed by atoms with Gasteiger partial charge in [-0.2, -0.15) is 0 Å². The molecule has 6 nitrogen and oxygen atoms in total. The highest BCUT2D eigenvalue weighted by atomic mass is 16.2. The van der Waals surface area contributed by atoms with Crippen LogP contribution in [0.2, 0.25) is 0 Å². The Labute approximate surface area is 146 Å². The molecular formula is C19H19N5O. The zero-order valence-corrected chi connectivity index (χ0v) is 13.7. The quantitative estimate of drug-likeness (QED) is 0.691. The van der Waals surface area contributed by atoms with Gasteiger partial charge in [0.1, 0.15) is 6.04 Å². The van der Waals surface area contributed by atoms with Crippen molar-refractivity contribution >= 4 is 5.91 Å². The Hall–Kier alpha value is -3.12. The third-order valence-electron chi connectivity index (χ3n) is 3.69. The first-order valence-corrected chi connectivity index (χ1v) is 8.03. The van der Waals surface area contributed by atoms with Gasteiger partial charge >= 0.3 is 0 Å². The second-order valence-corrected chi connectivity index (χ2v) is 5.50. The molecule has 0 aliphatic heterocycles. The first-order valence-electron chi connectivity index (χ1n) is 8.03. The highest BCUT2D eigenvalue weighted by molar-refractivity contribution is 5.82. The van der Waals surface area contributed by atoms with Crippen molar-refractivity contribution in [2.45, 2.75) is 19.1 Å². The van der Waals surface area contributed by atoms with Gasteiger partial charge in [-0.3, -0.25) is 25.1 Å². The normalized spacial score (nSPS) is 11.7. The number of nitrogens with zero attached hydrogens (tertiary/aromatic N) is 3. The summed E-state index contributed by atoms with van der Waals surface area (Å²) < 4.78 is 0. The molecule has 6 heteroatoms. The van der Waals surface area contributed by atoms with E-state index in [1.807, 2.05) is 42.5 Å². The molecule has 1 amide bonds. The van der Waals surface area contributed by atoms with E-state index in [9.17, 15) is 4.79 Å². The van der Waals surface area contributed by atoms with Crippen LogP contribution >= 0.6 is 0 Å². The summed E-state index contributed by atoms with van der Waals surface area (Å²) in [6.07, 6.45) is 8.59. The van der Waals surface area contributed by atoms with Crippen molar-refractivity contribution in [1.82, 2.24) is 25.6 Å². The van der Waals surface area contributed by atoms with Gasteiger partial charge < -0.3 is 5.32 Å². The van der Waals surface area contributed by atoms with Crippen molar-refractivity contribution in [2.24, 2.45) is 0 Å². The number of nitrogens with one attached hydrogen (secondary N) is 2. The number of hydrogen-bond acceptors (Lipinski definition) is 5. The van der Waals surface area contributed by atoms with Gasteiger partial charge in [-0.15, -0.1) is 0 Å². The monoisotopic (exact) mass is 333 g/mol. The van der Waals surface area contributed by atoms with E-state index in [0.29, 0.717) is 18.8 Å². The zero-order chi connectivity index (χ0) is 17.3. The molecule has 0 spiro atoms. The minimum atomic E-state index is -0.536. The second kappa shape index (κ2) is 8.65. The number of amides is 1. The fourth-order valence-corrected chi connectivity index (χ4v) is 2.39. The number of pyridine rings is 3. The number of carbonyl (C=O) groups excluding carboxylic acids is 1. The highest BCUT2D eigenvalue weighted by Gasteiger charge is 2.21. The van der Waals surface area contributed by atoms with E-state index in [0.717, 1.165) is 11.1 Å². The topological polar surface area (TPSA) is 79.8 Å². The predicted octanol–water partition coefficient (Wildman–Crippen LogP) is 2.02. The SMILES string of the molecule is O=C(NCc1cccnc1)C(NCc1ccncc1)c1ccccn1. The minimum absolute atomic E-state index is 0.128. The van der Waals surface area contributed by atoms with Crippen LogP contribution in [-0.2, 0) is 17.9 Å². The molecule has 3 rings (SSSR count). The molecule has 0 aromatic carbocycles. The third kappa shape index (κ3) is 4.92. The van der Waals surface area contributed by atoms with E-state index in [2.05, 4.69) is 25.6 Å². The van der Waals surface area contributed by atoms with E-state index in [-0.39, 0.29) is 5.91 Å². The number of carbonyl (C=O) groups is 1. The van der Waals surface area contributed by atoms with Crippen molar-refractivity contribution < 1.29 is 4.79 Å². The molecule has 1 atom stereocenters. The zero-order valence-electron chi connectivity index (χ0n) is 13.7. The molecule has 0 aliphatic rings. The van der Waals surface area contributed by atoms with Gasteiger partial charge in [-0.25, -0.2) is 0 Å². The third-order valence-corrected chi connectivity index (χ3v) is 3.69. The fourth-order valence-electron chi connectivity index (χ4n) is 2.39. The van der Waals surface area contributed by atoms with E-state index in [1.165, 1.54) is 0 Å². The van der Waals surface area contributed by atoms with Crippen molar-refractivity contribution in [3.63, 3.8) is 0 Å². The Morgan fingerprint density at radius 1 is 0.880 bits per heavy atom. The molecule has 0 bridgehead atoms. The van der Waals surface area contributed by atoms with Crippen molar-refractivity contribution in [3.05, 3.63) is 90.3 Å². The Kier molecular flexibility index (Phi) is 5.79. The summed E-state index contributed by atoms with van der Waals surface area (Å²) in [6, 6.07) is 12.6. The molecule has 3 heterocycles. The Balaban J connectivity index is 1.68. The maximum atomic E-state index is 12.7. The first kappa shape index (κ1) is 16.7. The minimum Gasteiger partial charge on any atom is -0.350 e. The lowest BCUT2D eigenvalue weighted by Gasteiger charge is -2.18. The maximum Gasteiger partial charge on any atom is 0.243 e. The molecule has 2 N–H and O–H groups in total. The standard InChI is InChI=1S/C19H19N5O/c25-19(24-14-16-4-3-8-21-12-16)18(17-5-1-2-9-22-17)23-13-15-6-10-20-11-7-15/h1-12,18,23H,13-14H2,(H,24,25). The van der Waals surface area contributed by atoms with Gasteiger partial charge in [-0.1, -0.05) is 12.1 Å². The predicted molar refractivity (Wildman–Crippen MR) is 94.1 cm³/mol. The number of rotatable bonds is 7. The van der Waals surface area contributed by atoms with Crippen LogP contribution < -0.4 is 10.6 Å². The summed E-state index contributed by atoms with van der Waals surface area (Å²) >= 11 is 0. The average Bonchev–Trinajstić information content (AvgIpc) is 2.69. The van der Waals surface area contributed by atoms with Gasteiger partial charge in [0, 0.05) is 44.1 Å². The molecular weight excluding hydrogens is 314 g/mol. The summed E-state index contributed by atoms with van der Waals surface area (Å²) in [5.41, 5.74) is 2.68. The van der Waals surface area contributed by atoms with Crippen LogP contribution in [0.1, 0.15) is 22.9 Å². The second-order valence-electron chi connectivity index (χ2n) is 5.50. The first-order chi connectivity index (χ1) is 12.3. The van der Waals surface area contributed by atoms with Crippen molar-refractivity contribution in [3.8, 4) is 0 Å². The highest BCUT2D eigenvalue weighted by Crippen LogP contribution is 2.11. The number of aromatic nitrogens is 3. The summed E-state index contributed by atoms with van der Waals surface area (Å²) in [4.78, 5) is 25.1. The Morgan fingerprint density at radius 3 is 2.48 bits per heavy atom. The molecule has 3 aromatic heterocycles. The summed E-state index contributed by atoms with van der Waals surface area (Å²) in [6.45, 7) is 0.969. The van der Waals surface area contributed by atoms with Crippen molar-refractivity contribution in [1.29, 1.82) is 0 Å². The lowest BCUT2D eigenvalue weighted by molar-refractivity contribution is -0.123. The molecule has 25 heavy (non-hydrogen) atoms. The van der Waals surface area contributed by atoms with Crippen LogP contribution in [0.4, 0.5) is 0 Å². The van der Waals surface area contributed by atoms with Crippen LogP contribution in [-0.4, -0.2) is 20.9 Å². The van der Waals surface area contributed by atoms with E-state index >= 15 is 0 Å². The maximum absolute atomic E-state index is 12.7. The Morgan fingerprint density at radius 2 is 1.76 bits per heavy atom. The summed E-state index contributed by atoms with van der Waals surface area (Å²) in [5, 5.41) is 6.21. The molecule has 126 valence electrons. The van der Waals surface area contributed by atoms with Gasteiger partial charge in [-0.05, 0) is 41.5 Å². The van der Waals surface area contributed by atoms with Crippen LogP contribution in [0.3, 0.4) is 0 Å². The van der Waals surface area contributed by atoms with Gasteiger partial charge in [0.05, 0.1) is 5.69 Å². The van der Waals surface area contributed by atoms with Gasteiger partial charge in [0.2, 0.25) is 5.91 Å². The molecule has 3 aromatic rings. The van der Waals surface area contributed by atoms with Gasteiger partial charge in [0.15, 0.2) is 0 Å². The fraction of sp³-hybridized carbons (Fsp3) is 0.158. The van der Waals surface area contributed by atoms with Crippen molar-refractivity contribution in [2.75, 3.05) is 0 Å². The smallest absolute Gasteiger partial charge is 0.243 e. The van der Waals surface area contributed by atoms with Crippen LogP contribution in [0.15, 0.2) is 73.4 Å². The van der Waals surface area contributed by atoms with Crippen LogP contribution in [0.25, 0.3) is 0 Å². The lowest BCUT2D eigenvalue weighted by Crippen LogP contribution is -2.37. The van der Waals surface area contributed by atoms with E-state index < -0.39 is 6.04 Å². The van der Waals surface area contributed by atoms with Gasteiger partial charge in [0.25, 0.3) is 0 Å². The number of hydrogen-bond donors (Lipinski definition) is 2. The molecule has 0 radical (unpaired) electrons. The molecule has 0 aliphatic carbocycles. The van der Waals surface area contributed by atoms with Crippen LogP contribution in [0.5, 0.6) is 0 Å². The average molecular weight is 333 g/mol. The van der Waals surface area contributed by atoms with Crippen LogP contribution in [0, 0.1) is 0 Å².